The van der Waals surface area contributed by atoms with Crippen LogP contribution in [0.25, 0.3) is 0 Å². The number of benzene rings is 1. The van der Waals surface area contributed by atoms with Crippen LogP contribution in [0.5, 0.6) is 0 Å². The SMILES string of the molecule is Cc1ccc([N+](=O)[O-])cc1NC(CC(C)C)CC(C)C. The second-order valence-corrected chi connectivity index (χ2v) is 6.36. The number of nitrogens with zero attached hydrogens (tertiary/aromatic N) is 1. The van der Waals surface area contributed by atoms with Gasteiger partial charge < -0.3 is 5.32 Å². The summed E-state index contributed by atoms with van der Waals surface area (Å²) < 4.78 is 0. The largest absolute Gasteiger partial charge is 0.382 e. The minimum absolute atomic E-state index is 0.144. The summed E-state index contributed by atoms with van der Waals surface area (Å²) in [6.45, 7) is 10.8. The maximum Gasteiger partial charge on any atom is 0.271 e. The highest BCUT2D eigenvalue weighted by Crippen LogP contribution is 2.25. The molecule has 4 nitrogen and oxygen atoms in total. The first kappa shape index (κ1) is 16.5. The van der Waals surface area contributed by atoms with Crippen molar-refractivity contribution in [3.05, 3.63) is 33.9 Å². The van der Waals surface area contributed by atoms with Gasteiger partial charge in [0.15, 0.2) is 0 Å². The highest BCUT2D eigenvalue weighted by atomic mass is 16.6. The predicted octanol–water partition coefficient (Wildman–Crippen LogP) is 4.78. The molecule has 0 fully saturated rings. The zero-order chi connectivity index (χ0) is 15.3. The molecule has 0 amide bonds. The van der Waals surface area contributed by atoms with Crippen molar-refractivity contribution in [1.82, 2.24) is 0 Å². The molecule has 0 saturated carbocycles. The van der Waals surface area contributed by atoms with Crippen molar-refractivity contribution in [2.24, 2.45) is 11.8 Å². The third-order valence-corrected chi connectivity index (χ3v) is 3.30. The van der Waals surface area contributed by atoms with Crippen LogP contribution >= 0.6 is 0 Å². The molecule has 0 saturated heterocycles. The molecular formula is C16H26N2O2. The van der Waals surface area contributed by atoms with Crippen molar-refractivity contribution in [1.29, 1.82) is 0 Å². The maximum absolute atomic E-state index is 10.9. The van der Waals surface area contributed by atoms with Crippen LogP contribution in [0.2, 0.25) is 0 Å². The van der Waals surface area contributed by atoms with E-state index in [0.29, 0.717) is 17.9 Å². The zero-order valence-corrected chi connectivity index (χ0v) is 13.1. The fraction of sp³-hybridized carbons (Fsp3) is 0.625. The number of hydrogen-bond acceptors (Lipinski definition) is 3. The van der Waals surface area contributed by atoms with E-state index >= 15 is 0 Å². The number of aryl methyl sites for hydroxylation is 1. The fourth-order valence-corrected chi connectivity index (χ4v) is 2.45. The molecule has 0 aromatic heterocycles. The van der Waals surface area contributed by atoms with Gasteiger partial charge in [-0.1, -0.05) is 33.8 Å². The van der Waals surface area contributed by atoms with Gasteiger partial charge in [0.05, 0.1) is 4.92 Å². The summed E-state index contributed by atoms with van der Waals surface area (Å²) >= 11 is 0. The molecule has 0 aliphatic heterocycles. The van der Waals surface area contributed by atoms with Gasteiger partial charge in [0, 0.05) is 23.9 Å². The molecule has 0 radical (unpaired) electrons. The van der Waals surface area contributed by atoms with E-state index in [1.807, 2.05) is 13.0 Å². The highest BCUT2D eigenvalue weighted by Gasteiger charge is 2.15. The molecule has 4 heteroatoms. The van der Waals surface area contributed by atoms with Crippen LogP contribution in [-0.4, -0.2) is 11.0 Å². The van der Waals surface area contributed by atoms with Gasteiger partial charge in [0.25, 0.3) is 5.69 Å². The number of rotatable bonds is 7. The zero-order valence-electron chi connectivity index (χ0n) is 13.1. The lowest BCUT2D eigenvalue weighted by molar-refractivity contribution is -0.384. The first-order valence-corrected chi connectivity index (χ1v) is 7.31. The number of non-ortho nitro benzene ring substituents is 1. The van der Waals surface area contributed by atoms with Gasteiger partial charge in [-0.05, 0) is 37.2 Å². The van der Waals surface area contributed by atoms with Crippen molar-refractivity contribution in [3.63, 3.8) is 0 Å². The van der Waals surface area contributed by atoms with E-state index in [2.05, 4.69) is 33.0 Å². The van der Waals surface area contributed by atoms with E-state index in [4.69, 9.17) is 0 Å². The molecule has 0 heterocycles. The topological polar surface area (TPSA) is 55.2 Å². The van der Waals surface area contributed by atoms with E-state index in [-0.39, 0.29) is 10.6 Å². The van der Waals surface area contributed by atoms with Crippen molar-refractivity contribution in [2.45, 2.75) is 53.5 Å². The maximum atomic E-state index is 10.9. The second kappa shape index (κ2) is 7.27. The van der Waals surface area contributed by atoms with E-state index < -0.39 is 0 Å². The Hall–Kier alpha value is -1.58. The Morgan fingerprint density at radius 2 is 1.70 bits per heavy atom. The lowest BCUT2D eigenvalue weighted by atomic mass is 9.95. The summed E-state index contributed by atoms with van der Waals surface area (Å²) in [4.78, 5) is 10.5. The van der Waals surface area contributed by atoms with Crippen molar-refractivity contribution < 1.29 is 4.92 Å². The normalized spacial score (nSPS) is 11.4. The number of anilines is 1. The molecule has 20 heavy (non-hydrogen) atoms. The minimum atomic E-state index is -0.343. The van der Waals surface area contributed by atoms with E-state index in [0.717, 1.165) is 24.1 Å². The lowest BCUT2D eigenvalue weighted by Crippen LogP contribution is -2.24. The number of nitro benzene ring substituents is 1. The van der Waals surface area contributed by atoms with Gasteiger partial charge in [-0.2, -0.15) is 0 Å². The third-order valence-electron chi connectivity index (χ3n) is 3.30. The molecule has 0 atom stereocenters. The molecule has 0 unspecified atom stereocenters. The van der Waals surface area contributed by atoms with E-state index in [1.54, 1.807) is 12.1 Å². The molecule has 1 rings (SSSR count). The van der Waals surface area contributed by atoms with E-state index in [9.17, 15) is 10.1 Å². The number of hydrogen-bond donors (Lipinski definition) is 1. The lowest BCUT2D eigenvalue weighted by Gasteiger charge is -2.24. The monoisotopic (exact) mass is 278 g/mol. The van der Waals surface area contributed by atoms with Crippen LogP contribution in [0, 0.1) is 28.9 Å². The molecule has 112 valence electrons. The molecule has 1 aromatic carbocycles. The highest BCUT2D eigenvalue weighted by molar-refractivity contribution is 5.57. The Morgan fingerprint density at radius 1 is 1.15 bits per heavy atom. The summed E-state index contributed by atoms with van der Waals surface area (Å²) in [5.41, 5.74) is 2.07. The second-order valence-electron chi connectivity index (χ2n) is 6.36. The fourth-order valence-electron chi connectivity index (χ4n) is 2.45. The first-order valence-electron chi connectivity index (χ1n) is 7.31. The molecular weight excluding hydrogens is 252 g/mol. The van der Waals surface area contributed by atoms with Gasteiger partial charge in [-0.15, -0.1) is 0 Å². The smallest absolute Gasteiger partial charge is 0.271 e. The van der Waals surface area contributed by atoms with Gasteiger partial charge in [-0.3, -0.25) is 10.1 Å². The summed E-state index contributed by atoms with van der Waals surface area (Å²) in [5, 5.41) is 14.4. The van der Waals surface area contributed by atoms with Gasteiger partial charge in [-0.25, -0.2) is 0 Å². The summed E-state index contributed by atoms with van der Waals surface area (Å²) in [7, 11) is 0. The van der Waals surface area contributed by atoms with Crippen LogP contribution < -0.4 is 5.32 Å². The summed E-state index contributed by atoms with van der Waals surface area (Å²) in [6, 6.07) is 5.36. The molecule has 0 spiro atoms. The Morgan fingerprint density at radius 3 is 2.15 bits per heavy atom. The molecule has 0 aliphatic rings. The molecule has 1 aromatic rings. The van der Waals surface area contributed by atoms with Gasteiger partial charge in [0.1, 0.15) is 0 Å². The summed E-state index contributed by atoms with van der Waals surface area (Å²) in [5.74, 6) is 1.20. The average Bonchev–Trinajstić information content (AvgIpc) is 2.29. The minimum Gasteiger partial charge on any atom is -0.382 e. The number of nitro groups is 1. The molecule has 0 bridgehead atoms. The van der Waals surface area contributed by atoms with Crippen LogP contribution in [-0.2, 0) is 0 Å². The van der Waals surface area contributed by atoms with Gasteiger partial charge >= 0.3 is 0 Å². The van der Waals surface area contributed by atoms with Crippen molar-refractivity contribution in [2.75, 3.05) is 5.32 Å². The Balaban J connectivity index is 2.91. The quantitative estimate of drug-likeness (QED) is 0.577. The van der Waals surface area contributed by atoms with Crippen LogP contribution in [0.1, 0.15) is 46.1 Å². The van der Waals surface area contributed by atoms with Crippen molar-refractivity contribution >= 4 is 11.4 Å². The predicted molar refractivity (Wildman–Crippen MR) is 84.2 cm³/mol. The Bertz CT molecular complexity index is 446. The Labute approximate surface area is 121 Å². The number of nitrogens with one attached hydrogen (secondary N) is 1. The van der Waals surface area contributed by atoms with Crippen LogP contribution in [0.3, 0.4) is 0 Å². The first-order chi connectivity index (χ1) is 9.29. The van der Waals surface area contributed by atoms with Crippen molar-refractivity contribution in [3.8, 4) is 0 Å². The Kier molecular flexibility index (Phi) is 5.99. The van der Waals surface area contributed by atoms with Crippen LogP contribution in [0.15, 0.2) is 18.2 Å². The summed E-state index contributed by atoms with van der Waals surface area (Å²) in [6.07, 6.45) is 2.14. The van der Waals surface area contributed by atoms with E-state index in [1.165, 1.54) is 0 Å². The molecule has 0 aliphatic carbocycles. The van der Waals surface area contributed by atoms with Gasteiger partial charge in [0.2, 0.25) is 0 Å². The van der Waals surface area contributed by atoms with Crippen LogP contribution in [0.4, 0.5) is 11.4 Å². The standard InChI is InChI=1S/C16H26N2O2/c1-11(2)8-14(9-12(3)4)17-16-10-15(18(19)20)7-6-13(16)5/h6-7,10-12,14,17H,8-9H2,1-5H3. The molecule has 1 N–H and O–H groups in total. The average molecular weight is 278 g/mol. The third kappa shape index (κ3) is 5.19.